The van der Waals surface area contributed by atoms with E-state index in [1.165, 1.54) is 22.3 Å². The van der Waals surface area contributed by atoms with E-state index in [0.29, 0.717) is 6.42 Å². The Balaban J connectivity index is 2.45. The van der Waals surface area contributed by atoms with Crippen LogP contribution in [0, 0.1) is 20.8 Å². The summed E-state index contributed by atoms with van der Waals surface area (Å²) in [7, 11) is 0. The normalized spacial score (nSPS) is 12.5. The summed E-state index contributed by atoms with van der Waals surface area (Å²) in [5.41, 5.74) is 11.9. The van der Waals surface area contributed by atoms with Crippen LogP contribution in [0.4, 0.5) is 0 Å². The Kier molecular flexibility index (Phi) is 3.96. The molecule has 0 fully saturated rings. The molecule has 0 aliphatic carbocycles. The molecule has 0 aliphatic heterocycles. The van der Waals surface area contributed by atoms with Gasteiger partial charge in [0, 0.05) is 24.2 Å². The smallest absolute Gasteiger partial charge is 0.130 e. The molecule has 1 heterocycles. The molecular weight excluding hydrogens is 234 g/mol. The fourth-order valence-corrected chi connectivity index (χ4v) is 2.17. The first-order valence-electron chi connectivity index (χ1n) is 6.63. The number of nitrogens with two attached hydrogens (primary N) is 1. The van der Waals surface area contributed by atoms with Crippen molar-refractivity contribution in [2.75, 3.05) is 0 Å². The molecule has 19 heavy (non-hydrogen) atoms. The molecule has 0 bridgehead atoms. The van der Waals surface area contributed by atoms with E-state index in [4.69, 9.17) is 5.73 Å². The summed E-state index contributed by atoms with van der Waals surface area (Å²) in [6.45, 7) is 8.40. The minimum atomic E-state index is 0.0797. The van der Waals surface area contributed by atoms with Crippen molar-refractivity contribution >= 4 is 0 Å². The van der Waals surface area contributed by atoms with Gasteiger partial charge in [-0.05, 0) is 50.5 Å². The number of aryl methyl sites for hydroxylation is 1. The van der Waals surface area contributed by atoms with Crippen molar-refractivity contribution in [1.29, 1.82) is 0 Å². The predicted molar refractivity (Wildman–Crippen MR) is 79.0 cm³/mol. The molecule has 2 aromatic rings. The lowest BCUT2D eigenvalue weighted by atomic mass is 9.97. The monoisotopic (exact) mass is 255 g/mol. The summed E-state index contributed by atoms with van der Waals surface area (Å²) in [4.78, 5) is 8.91. The highest BCUT2D eigenvalue weighted by Crippen LogP contribution is 2.25. The van der Waals surface area contributed by atoms with E-state index in [-0.39, 0.29) is 6.04 Å². The van der Waals surface area contributed by atoms with Crippen LogP contribution < -0.4 is 5.73 Å². The number of benzene rings is 1. The second-order valence-corrected chi connectivity index (χ2v) is 5.22. The number of hydrogen-bond acceptors (Lipinski definition) is 3. The molecule has 0 amide bonds. The minimum Gasteiger partial charge on any atom is -0.328 e. The molecule has 0 saturated heterocycles. The summed E-state index contributed by atoms with van der Waals surface area (Å²) in [5, 5.41) is 0. The molecule has 2 rings (SSSR count). The Labute approximate surface area is 114 Å². The first-order chi connectivity index (χ1) is 8.99. The van der Waals surface area contributed by atoms with Gasteiger partial charge in [0.15, 0.2) is 0 Å². The largest absolute Gasteiger partial charge is 0.328 e. The van der Waals surface area contributed by atoms with E-state index in [0.717, 1.165) is 11.5 Å². The van der Waals surface area contributed by atoms with Crippen molar-refractivity contribution in [2.45, 2.75) is 40.2 Å². The van der Waals surface area contributed by atoms with Gasteiger partial charge in [-0.3, -0.25) is 0 Å². The Morgan fingerprint density at radius 1 is 1.11 bits per heavy atom. The number of nitrogens with zero attached hydrogens (tertiary/aromatic N) is 2. The van der Waals surface area contributed by atoms with E-state index >= 15 is 0 Å². The molecule has 1 aromatic heterocycles. The van der Waals surface area contributed by atoms with Gasteiger partial charge in [0.1, 0.15) is 5.82 Å². The second-order valence-electron chi connectivity index (χ2n) is 5.22. The Morgan fingerprint density at radius 3 is 2.53 bits per heavy atom. The van der Waals surface area contributed by atoms with Crippen LogP contribution in [0.5, 0.6) is 0 Å². The molecule has 0 aliphatic rings. The van der Waals surface area contributed by atoms with Crippen molar-refractivity contribution in [2.24, 2.45) is 5.73 Å². The fourth-order valence-electron chi connectivity index (χ4n) is 2.17. The molecule has 0 radical (unpaired) electrons. The lowest BCUT2D eigenvalue weighted by Gasteiger charge is -2.12. The van der Waals surface area contributed by atoms with Gasteiger partial charge in [0.05, 0.1) is 5.69 Å². The predicted octanol–water partition coefficient (Wildman–Crippen LogP) is 2.96. The van der Waals surface area contributed by atoms with Crippen LogP contribution in [0.3, 0.4) is 0 Å². The van der Waals surface area contributed by atoms with Crippen molar-refractivity contribution in [3.8, 4) is 11.3 Å². The van der Waals surface area contributed by atoms with Gasteiger partial charge in [-0.25, -0.2) is 9.97 Å². The van der Waals surface area contributed by atoms with Gasteiger partial charge < -0.3 is 5.73 Å². The maximum Gasteiger partial charge on any atom is 0.130 e. The minimum absolute atomic E-state index is 0.0797. The third kappa shape index (κ3) is 2.99. The summed E-state index contributed by atoms with van der Waals surface area (Å²) in [5.74, 6) is 0.810. The molecule has 1 unspecified atom stereocenters. The first-order valence-corrected chi connectivity index (χ1v) is 6.63. The summed E-state index contributed by atoms with van der Waals surface area (Å²) in [6, 6.07) is 6.32. The highest BCUT2D eigenvalue weighted by atomic mass is 14.9. The molecule has 100 valence electrons. The highest BCUT2D eigenvalue weighted by Gasteiger charge is 2.09. The van der Waals surface area contributed by atoms with Crippen LogP contribution in [-0.4, -0.2) is 16.0 Å². The quantitative estimate of drug-likeness (QED) is 0.917. The van der Waals surface area contributed by atoms with E-state index in [9.17, 15) is 0 Å². The third-order valence-corrected chi connectivity index (χ3v) is 3.54. The lowest BCUT2D eigenvalue weighted by molar-refractivity contribution is 0.702. The van der Waals surface area contributed by atoms with Crippen molar-refractivity contribution in [3.63, 3.8) is 0 Å². The van der Waals surface area contributed by atoms with Gasteiger partial charge in [-0.2, -0.15) is 0 Å². The molecule has 1 aromatic carbocycles. The molecule has 0 saturated carbocycles. The highest BCUT2D eigenvalue weighted by molar-refractivity contribution is 5.65. The zero-order chi connectivity index (χ0) is 14.0. The standard InChI is InChI=1S/C16H21N3/c1-10-5-6-14(13(4)12(10)3)15-7-8-18-16(19-15)9-11(2)17/h5-8,11H,9,17H2,1-4H3. The molecule has 0 spiro atoms. The lowest BCUT2D eigenvalue weighted by Crippen LogP contribution is -2.19. The van der Waals surface area contributed by atoms with Gasteiger partial charge in [0.25, 0.3) is 0 Å². The molecule has 3 heteroatoms. The second kappa shape index (κ2) is 5.49. The Morgan fingerprint density at radius 2 is 1.84 bits per heavy atom. The zero-order valence-corrected chi connectivity index (χ0v) is 12.1. The molecule has 1 atom stereocenters. The van der Waals surface area contributed by atoms with Crippen LogP contribution in [0.25, 0.3) is 11.3 Å². The Bertz CT molecular complexity index is 589. The maximum atomic E-state index is 5.81. The number of hydrogen-bond donors (Lipinski definition) is 1. The topological polar surface area (TPSA) is 51.8 Å². The van der Waals surface area contributed by atoms with Crippen LogP contribution in [0.1, 0.15) is 29.4 Å². The molecular formula is C16H21N3. The zero-order valence-electron chi connectivity index (χ0n) is 12.1. The van der Waals surface area contributed by atoms with Crippen LogP contribution in [0.2, 0.25) is 0 Å². The van der Waals surface area contributed by atoms with E-state index in [2.05, 4.69) is 42.9 Å². The number of aromatic nitrogens is 2. The van der Waals surface area contributed by atoms with E-state index in [1.807, 2.05) is 19.2 Å². The summed E-state index contributed by atoms with van der Waals surface area (Å²) in [6.07, 6.45) is 2.52. The Hall–Kier alpha value is -1.74. The molecule has 3 nitrogen and oxygen atoms in total. The van der Waals surface area contributed by atoms with Crippen molar-refractivity contribution in [3.05, 3.63) is 46.9 Å². The van der Waals surface area contributed by atoms with Gasteiger partial charge in [-0.15, -0.1) is 0 Å². The number of rotatable bonds is 3. The summed E-state index contributed by atoms with van der Waals surface area (Å²) >= 11 is 0. The van der Waals surface area contributed by atoms with Gasteiger partial charge in [-0.1, -0.05) is 12.1 Å². The van der Waals surface area contributed by atoms with Crippen LogP contribution in [-0.2, 0) is 6.42 Å². The average Bonchev–Trinajstić information content (AvgIpc) is 2.36. The SMILES string of the molecule is Cc1ccc(-c2ccnc(CC(C)N)n2)c(C)c1C. The first kappa shape index (κ1) is 13.7. The maximum absolute atomic E-state index is 5.81. The van der Waals surface area contributed by atoms with Crippen LogP contribution >= 0.6 is 0 Å². The van der Waals surface area contributed by atoms with Gasteiger partial charge >= 0.3 is 0 Å². The van der Waals surface area contributed by atoms with Gasteiger partial charge in [0.2, 0.25) is 0 Å². The van der Waals surface area contributed by atoms with Crippen molar-refractivity contribution in [1.82, 2.24) is 9.97 Å². The van der Waals surface area contributed by atoms with E-state index < -0.39 is 0 Å². The molecule has 2 N–H and O–H groups in total. The van der Waals surface area contributed by atoms with E-state index in [1.54, 1.807) is 0 Å². The average molecular weight is 255 g/mol. The fraction of sp³-hybridized carbons (Fsp3) is 0.375. The third-order valence-electron chi connectivity index (χ3n) is 3.54. The van der Waals surface area contributed by atoms with Crippen LogP contribution in [0.15, 0.2) is 24.4 Å². The summed E-state index contributed by atoms with van der Waals surface area (Å²) < 4.78 is 0. The van der Waals surface area contributed by atoms with Crippen molar-refractivity contribution < 1.29 is 0 Å².